The van der Waals surface area contributed by atoms with E-state index in [2.05, 4.69) is 178 Å². The molecule has 4 heteroatoms. The third kappa shape index (κ3) is 10.6. The van der Waals surface area contributed by atoms with Crippen LogP contribution in [0.4, 0.5) is 0 Å². The first kappa shape index (κ1) is 48.0. The summed E-state index contributed by atoms with van der Waals surface area (Å²) in [6.07, 6.45) is 3.23. The molecule has 0 atom stereocenters. The molecule has 0 radical (unpaired) electrons. The van der Waals surface area contributed by atoms with Crippen molar-refractivity contribution in [2.45, 2.75) is 152 Å². The average molecular weight is 841 g/mol. The number of phenols is 2. The summed E-state index contributed by atoms with van der Waals surface area (Å²) in [5.41, 5.74) is 18.0. The van der Waals surface area contributed by atoms with Crippen molar-refractivity contribution in [2.75, 3.05) is 26.1 Å². The van der Waals surface area contributed by atoms with Crippen LogP contribution in [0.5, 0.6) is 17.2 Å². The van der Waals surface area contributed by atoms with Crippen molar-refractivity contribution in [3.05, 3.63) is 111 Å². The summed E-state index contributed by atoms with van der Waals surface area (Å²) in [6, 6.07) is 22.3. The maximum atomic E-state index is 12.8. The van der Waals surface area contributed by atoms with Crippen LogP contribution in [0.1, 0.15) is 182 Å². The molecular weight excluding hydrogens is 764 g/mol. The molecule has 0 spiro atoms. The maximum Gasteiger partial charge on any atom is 0.135 e. The minimum absolute atomic E-state index is 0.00800. The monoisotopic (exact) mass is 841 g/mol. The standard InChI is InChI=1S/C57H77O3P/c1-32(2)41-28-43(34(5)6)53(44(29-41)35(7)8)51-26-38(13)22-47(55(51)58)49-24-40(15)25-50(57(49)60-20-18-19-21-61(16)17)48-23-39(14)27-52(56(48)59)54-45(36(9)10)30-42(33(3)4)31-46(54)37(11)12/h22-37,58-59H,18-21H2,1-17H3. The average Bonchev–Trinajstić information content (AvgIpc) is 3.18. The van der Waals surface area contributed by atoms with E-state index in [4.69, 9.17) is 4.74 Å². The smallest absolute Gasteiger partial charge is 0.135 e. The van der Waals surface area contributed by atoms with Gasteiger partial charge in [0.2, 0.25) is 0 Å². The Labute approximate surface area is 372 Å². The molecule has 61 heavy (non-hydrogen) atoms. The maximum absolute atomic E-state index is 12.8. The van der Waals surface area contributed by atoms with E-state index in [1.807, 2.05) is 0 Å². The van der Waals surface area contributed by atoms with Gasteiger partial charge in [-0.1, -0.05) is 107 Å². The lowest BCUT2D eigenvalue weighted by Gasteiger charge is -2.26. The molecule has 0 bridgehead atoms. The van der Waals surface area contributed by atoms with Crippen LogP contribution >= 0.6 is 7.92 Å². The summed E-state index contributed by atoms with van der Waals surface area (Å²) in [7, 11) is 0.00800. The molecule has 0 aliphatic heterocycles. The van der Waals surface area contributed by atoms with E-state index in [-0.39, 0.29) is 43.1 Å². The van der Waals surface area contributed by atoms with E-state index >= 15 is 0 Å². The van der Waals surface area contributed by atoms with Crippen LogP contribution in [-0.2, 0) is 0 Å². The summed E-state index contributed by atoms with van der Waals surface area (Å²) in [5, 5.41) is 25.5. The molecule has 328 valence electrons. The fourth-order valence-electron chi connectivity index (χ4n) is 8.92. The molecule has 3 nitrogen and oxygen atoms in total. The Kier molecular flexibility index (Phi) is 15.7. The van der Waals surface area contributed by atoms with Crippen molar-refractivity contribution in [1.29, 1.82) is 0 Å². The Balaban J connectivity index is 1.86. The van der Waals surface area contributed by atoms with E-state index in [1.165, 1.54) is 39.5 Å². The minimum atomic E-state index is 0.00800. The number of phenolic OH excluding ortho intramolecular Hbond substituents is 2. The highest BCUT2D eigenvalue weighted by molar-refractivity contribution is 7.55. The van der Waals surface area contributed by atoms with Gasteiger partial charge in [-0.15, -0.1) is 7.92 Å². The lowest BCUT2D eigenvalue weighted by atomic mass is 9.80. The summed E-state index contributed by atoms with van der Waals surface area (Å²) in [6.45, 7) is 38.7. The van der Waals surface area contributed by atoms with Crippen LogP contribution in [-0.4, -0.2) is 36.3 Å². The van der Waals surface area contributed by atoms with Crippen LogP contribution in [0.3, 0.4) is 0 Å². The summed E-state index contributed by atoms with van der Waals surface area (Å²) < 4.78 is 7.01. The first-order valence-electron chi connectivity index (χ1n) is 23.1. The highest BCUT2D eigenvalue weighted by Crippen LogP contribution is 2.52. The van der Waals surface area contributed by atoms with Crippen LogP contribution < -0.4 is 4.74 Å². The molecule has 0 unspecified atom stereocenters. The molecular formula is C57H77O3P. The number of rotatable bonds is 16. The third-order valence-corrected chi connectivity index (χ3v) is 13.6. The topological polar surface area (TPSA) is 49.7 Å². The van der Waals surface area contributed by atoms with Crippen molar-refractivity contribution < 1.29 is 14.9 Å². The first-order valence-corrected chi connectivity index (χ1v) is 25.5. The van der Waals surface area contributed by atoms with Gasteiger partial charge < -0.3 is 14.9 Å². The lowest BCUT2D eigenvalue weighted by molar-refractivity contribution is 0.312. The van der Waals surface area contributed by atoms with Crippen molar-refractivity contribution >= 4 is 7.92 Å². The third-order valence-electron chi connectivity index (χ3n) is 12.4. The van der Waals surface area contributed by atoms with Crippen molar-refractivity contribution in [3.8, 4) is 61.8 Å². The Morgan fingerprint density at radius 3 is 1.03 bits per heavy atom. The molecule has 5 aromatic carbocycles. The predicted molar refractivity (Wildman–Crippen MR) is 269 cm³/mol. The lowest BCUT2D eigenvalue weighted by Crippen LogP contribution is -2.05. The highest BCUT2D eigenvalue weighted by atomic mass is 31.1. The van der Waals surface area contributed by atoms with E-state index < -0.39 is 0 Å². The van der Waals surface area contributed by atoms with Gasteiger partial charge in [-0.25, -0.2) is 0 Å². The number of aromatic hydroxyl groups is 2. The molecule has 0 saturated heterocycles. The number of hydrogen-bond donors (Lipinski definition) is 2. The number of benzene rings is 5. The Hall–Kier alpha value is -4.07. The Bertz CT molecular complexity index is 2130. The summed E-state index contributed by atoms with van der Waals surface area (Å²) in [4.78, 5) is 0. The zero-order chi connectivity index (χ0) is 45.2. The zero-order valence-corrected chi connectivity index (χ0v) is 41.7. The fraction of sp³-hybridized carbons (Fsp3) is 0.474. The van der Waals surface area contributed by atoms with E-state index in [0.717, 1.165) is 74.0 Å². The largest absolute Gasteiger partial charge is 0.507 e. The van der Waals surface area contributed by atoms with Gasteiger partial charge in [-0.3, -0.25) is 0 Å². The number of hydrogen-bond acceptors (Lipinski definition) is 3. The van der Waals surface area contributed by atoms with Gasteiger partial charge in [-0.2, -0.15) is 0 Å². The molecule has 5 aromatic rings. The zero-order valence-electron chi connectivity index (χ0n) is 40.8. The summed E-state index contributed by atoms with van der Waals surface area (Å²) >= 11 is 0. The molecule has 0 aromatic heterocycles. The van der Waals surface area contributed by atoms with Crippen LogP contribution in [0.25, 0.3) is 44.5 Å². The van der Waals surface area contributed by atoms with Gasteiger partial charge in [-0.05, 0) is 186 Å². The first-order chi connectivity index (χ1) is 28.6. The minimum Gasteiger partial charge on any atom is -0.507 e. The second kappa shape index (κ2) is 20.0. The molecule has 0 aliphatic rings. The van der Waals surface area contributed by atoms with E-state index in [9.17, 15) is 10.2 Å². The number of unbranched alkanes of at least 4 members (excludes halogenated alkanes) is 1. The van der Waals surface area contributed by atoms with Gasteiger partial charge in [0, 0.05) is 33.4 Å². The highest BCUT2D eigenvalue weighted by Gasteiger charge is 2.28. The fourth-order valence-corrected chi connectivity index (χ4v) is 9.77. The molecule has 0 aliphatic carbocycles. The van der Waals surface area contributed by atoms with Gasteiger partial charge >= 0.3 is 0 Å². The molecule has 5 rings (SSSR count). The molecule has 0 heterocycles. The van der Waals surface area contributed by atoms with E-state index in [0.29, 0.717) is 24.2 Å². The summed E-state index contributed by atoms with van der Waals surface area (Å²) in [5.74, 6) is 3.06. The second-order valence-electron chi connectivity index (χ2n) is 20.0. The van der Waals surface area contributed by atoms with Crippen LogP contribution in [0, 0.1) is 20.8 Å². The van der Waals surface area contributed by atoms with Crippen LogP contribution in [0.15, 0.2) is 60.7 Å². The van der Waals surface area contributed by atoms with Gasteiger partial charge in [0.05, 0.1) is 6.61 Å². The molecule has 0 saturated carbocycles. The van der Waals surface area contributed by atoms with Crippen molar-refractivity contribution in [3.63, 3.8) is 0 Å². The second-order valence-corrected chi connectivity index (χ2v) is 22.6. The van der Waals surface area contributed by atoms with Crippen molar-refractivity contribution in [1.82, 2.24) is 0 Å². The van der Waals surface area contributed by atoms with E-state index in [1.54, 1.807) is 0 Å². The predicted octanol–water partition coefficient (Wildman–Crippen LogP) is 17.3. The Morgan fingerprint density at radius 2 is 0.738 bits per heavy atom. The molecule has 0 amide bonds. The number of aryl methyl sites for hydroxylation is 3. The Morgan fingerprint density at radius 1 is 0.426 bits per heavy atom. The molecule has 2 N–H and O–H groups in total. The van der Waals surface area contributed by atoms with Gasteiger partial charge in [0.1, 0.15) is 17.2 Å². The normalized spacial score (nSPS) is 12.1. The quantitative estimate of drug-likeness (QED) is 0.0769. The van der Waals surface area contributed by atoms with Gasteiger partial charge in [0.15, 0.2) is 0 Å². The van der Waals surface area contributed by atoms with Crippen molar-refractivity contribution in [2.24, 2.45) is 0 Å². The van der Waals surface area contributed by atoms with Crippen LogP contribution in [0.2, 0.25) is 0 Å². The SMILES string of the molecule is Cc1cc(-c2cc(C)cc(-c3cc(C)cc(-c4c(C(C)C)cc(C(C)C)cc4C(C)C)c3O)c2OCCCCP(C)C)c(O)c(-c2c(C(C)C)cc(C(C)C)cc2C(C)C)c1. The molecule has 0 fully saturated rings. The number of ether oxygens (including phenoxy) is 1. The van der Waals surface area contributed by atoms with Gasteiger partial charge in [0.25, 0.3) is 0 Å².